The molecule has 7 heteroatoms. The van der Waals surface area contributed by atoms with Crippen molar-refractivity contribution in [2.45, 2.75) is 6.42 Å². The van der Waals surface area contributed by atoms with Gasteiger partial charge in [-0.1, -0.05) is 12.1 Å². The lowest BCUT2D eigenvalue weighted by Crippen LogP contribution is -2.19. The number of benzene rings is 2. The second-order valence-corrected chi connectivity index (χ2v) is 6.70. The maximum absolute atomic E-state index is 12.7. The monoisotopic (exact) mass is 380 g/mol. The zero-order valence-electron chi connectivity index (χ0n) is 14.2. The topological polar surface area (TPSA) is 76.7 Å². The molecule has 6 nitrogen and oxygen atoms in total. The summed E-state index contributed by atoms with van der Waals surface area (Å²) in [5, 5.41) is 9.49. The minimum atomic E-state index is -0.319. The normalized spacial score (nSPS) is 11.9. The van der Waals surface area contributed by atoms with Gasteiger partial charge in [0.15, 0.2) is 11.5 Å². The van der Waals surface area contributed by atoms with Crippen LogP contribution in [0.3, 0.4) is 0 Å². The zero-order chi connectivity index (χ0) is 18.6. The van der Waals surface area contributed by atoms with Gasteiger partial charge in [-0.2, -0.15) is 11.3 Å². The SMILES string of the molecule is O=C(Cc1ccsc1)Nc1ccccc1C(=O)Nc1ccc2c(c1)OCO2. The molecule has 3 aromatic rings. The van der Waals surface area contributed by atoms with Gasteiger partial charge in [0.05, 0.1) is 17.7 Å². The van der Waals surface area contributed by atoms with E-state index in [0.717, 1.165) is 5.56 Å². The average molecular weight is 380 g/mol. The molecule has 1 aromatic heterocycles. The predicted octanol–water partition coefficient (Wildman–Crippen LogP) is 3.91. The van der Waals surface area contributed by atoms with Gasteiger partial charge >= 0.3 is 0 Å². The summed E-state index contributed by atoms with van der Waals surface area (Å²) in [6, 6.07) is 14.0. The summed E-state index contributed by atoms with van der Waals surface area (Å²) in [6.07, 6.45) is 0.265. The van der Waals surface area contributed by atoms with E-state index in [9.17, 15) is 9.59 Å². The van der Waals surface area contributed by atoms with Gasteiger partial charge in [0.2, 0.25) is 12.7 Å². The number of fused-ring (bicyclic) bond motifs is 1. The van der Waals surface area contributed by atoms with Gasteiger partial charge in [-0.15, -0.1) is 0 Å². The number of carbonyl (C=O) groups excluding carboxylic acids is 2. The van der Waals surface area contributed by atoms with Crippen LogP contribution in [0.2, 0.25) is 0 Å². The highest BCUT2D eigenvalue weighted by atomic mass is 32.1. The van der Waals surface area contributed by atoms with Crippen molar-refractivity contribution in [1.82, 2.24) is 0 Å². The van der Waals surface area contributed by atoms with E-state index in [0.29, 0.717) is 28.4 Å². The van der Waals surface area contributed by atoms with E-state index < -0.39 is 0 Å². The molecule has 0 saturated carbocycles. The van der Waals surface area contributed by atoms with Gasteiger partial charge in [-0.05, 0) is 46.7 Å². The number of carbonyl (C=O) groups is 2. The Labute approximate surface area is 159 Å². The Balaban J connectivity index is 1.48. The summed E-state index contributed by atoms with van der Waals surface area (Å²) in [6.45, 7) is 0.172. The fourth-order valence-electron chi connectivity index (χ4n) is 2.74. The summed E-state index contributed by atoms with van der Waals surface area (Å²) < 4.78 is 10.6. The van der Waals surface area contributed by atoms with Gasteiger partial charge < -0.3 is 20.1 Å². The lowest BCUT2D eigenvalue weighted by molar-refractivity contribution is -0.115. The third kappa shape index (κ3) is 3.93. The number of rotatable bonds is 5. The predicted molar refractivity (Wildman–Crippen MR) is 104 cm³/mol. The Bertz CT molecular complexity index is 985. The fourth-order valence-corrected chi connectivity index (χ4v) is 3.40. The molecule has 1 aliphatic heterocycles. The Morgan fingerprint density at radius 1 is 1.00 bits per heavy atom. The third-order valence-electron chi connectivity index (χ3n) is 4.02. The van der Waals surface area contributed by atoms with Crippen LogP contribution >= 0.6 is 11.3 Å². The Hall–Kier alpha value is -3.32. The first-order valence-corrected chi connectivity index (χ1v) is 9.24. The summed E-state index contributed by atoms with van der Waals surface area (Å²) in [5.41, 5.74) is 2.38. The number of nitrogens with one attached hydrogen (secondary N) is 2. The zero-order valence-corrected chi connectivity index (χ0v) is 15.0. The maximum Gasteiger partial charge on any atom is 0.257 e. The van der Waals surface area contributed by atoms with Crippen molar-refractivity contribution in [3.63, 3.8) is 0 Å². The van der Waals surface area contributed by atoms with Crippen molar-refractivity contribution in [2.75, 3.05) is 17.4 Å². The molecule has 2 N–H and O–H groups in total. The highest BCUT2D eigenvalue weighted by Gasteiger charge is 2.17. The molecule has 2 aromatic carbocycles. The summed E-state index contributed by atoms with van der Waals surface area (Å²) >= 11 is 1.54. The molecule has 0 atom stereocenters. The van der Waals surface area contributed by atoms with Crippen LogP contribution in [0, 0.1) is 0 Å². The van der Waals surface area contributed by atoms with Crippen LogP contribution in [0.4, 0.5) is 11.4 Å². The molecule has 27 heavy (non-hydrogen) atoms. The number of anilines is 2. The van der Waals surface area contributed by atoms with Crippen molar-refractivity contribution >= 4 is 34.5 Å². The van der Waals surface area contributed by atoms with Crippen LogP contribution in [0.25, 0.3) is 0 Å². The van der Waals surface area contributed by atoms with E-state index in [-0.39, 0.29) is 25.0 Å². The molecule has 2 amide bonds. The van der Waals surface area contributed by atoms with E-state index in [4.69, 9.17) is 9.47 Å². The molecule has 4 rings (SSSR count). The highest BCUT2D eigenvalue weighted by molar-refractivity contribution is 7.08. The number of hydrogen-bond donors (Lipinski definition) is 2. The number of ether oxygens (including phenoxy) is 2. The Morgan fingerprint density at radius 3 is 2.70 bits per heavy atom. The van der Waals surface area contributed by atoms with Crippen molar-refractivity contribution in [3.05, 3.63) is 70.4 Å². The molecule has 0 aliphatic carbocycles. The van der Waals surface area contributed by atoms with Crippen LogP contribution in [-0.2, 0) is 11.2 Å². The molecule has 0 saturated heterocycles. The van der Waals surface area contributed by atoms with E-state index in [2.05, 4.69) is 10.6 Å². The van der Waals surface area contributed by atoms with E-state index in [1.165, 1.54) is 0 Å². The fraction of sp³-hybridized carbons (Fsp3) is 0.100. The van der Waals surface area contributed by atoms with E-state index in [1.54, 1.807) is 53.8 Å². The van der Waals surface area contributed by atoms with Crippen molar-refractivity contribution < 1.29 is 19.1 Å². The lowest BCUT2D eigenvalue weighted by Gasteiger charge is -2.11. The molecule has 0 fully saturated rings. The van der Waals surface area contributed by atoms with E-state index >= 15 is 0 Å². The molecular weight excluding hydrogens is 364 g/mol. The number of amides is 2. The second kappa shape index (κ2) is 7.51. The van der Waals surface area contributed by atoms with Crippen LogP contribution in [0.5, 0.6) is 11.5 Å². The quantitative estimate of drug-likeness (QED) is 0.704. The van der Waals surface area contributed by atoms with Gasteiger partial charge in [0.1, 0.15) is 0 Å². The van der Waals surface area contributed by atoms with Crippen molar-refractivity contribution in [3.8, 4) is 11.5 Å². The first kappa shape index (κ1) is 17.1. The molecule has 0 spiro atoms. The lowest BCUT2D eigenvalue weighted by atomic mass is 10.1. The van der Waals surface area contributed by atoms with Crippen LogP contribution in [0.1, 0.15) is 15.9 Å². The summed E-state index contributed by atoms with van der Waals surface area (Å²) in [7, 11) is 0. The molecule has 0 unspecified atom stereocenters. The third-order valence-corrected chi connectivity index (χ3v) is 4.75. The molecule has 136 valence electrons. The molecule has 0 radical (unpaired) electrons. The van der Waals surface area contributed by atoms with Crippen LogP contribution in [0.15, 0.2) is 59.3 Å². The van der Waals surface area contributed by atoms with Crippen molar-refractivity contribution in [2.24, 2.45) is 0 Å². The average Bonchev–Trinajstić information content (AvgIpc) is 3.33. The van der Waals surface area contributed by atoms with Crippen molar-refractivity contribution in [1.29, 1.82) is 0 Å². The number of para-hydroxylation sites is 1. The number of hydrogen-bond acceptors (Lipinski definition) is 5. The summed E-state index contributed by atoms with van der Waals surface area (Å²) in [5.74, 6) is 0.747. The van der Waals surface area contributed by atoms with E-state index in [1.807, 2.05) is 16.8 Å². The van der Waals surface area contributed by atoms with Crippen LogP contribution < -0.4 is 20.1 Å². The summed E-state index contributed by atoms with van der Waals surface area (Å²) in [4.78, 5) is 25.0. The molecule has 0 bridgehead atoms. The van der Waals surface area contributed by atoms with Crippen LogP contribution in [-0.4, -0.2) is 18.6 Å². The minimum Gasteiger partial charge on any atom is -0.454 e. The molecule has 1 aliphatic rings. The highest BCUT2D eigenvalue weighted by Crippen LogP contribution is 2.34. The second-order valence-electron chi connectivity index (χ2n) is 5.92. The van der Waals surface area contributed by atoms with Gasteiger partial charge in [-0.3, -0.25) is 9.59 Å². The maximum atomic E-state index is 12.7. The smallest absolute Gasteiger partial charge is 0.257 e. The minimum absolute atomic E-state index is 0.170. The largest absolute Gasteiger partial charge is 0.454 e. The first-order chi connectivity index (χ1) is 13.2. The van der Waals surface area contributed by atoms with Gasteiger partial charge in [0, 0.05) is 11.8 Å². The van der Waals surface area contributed by atoms with Gasteiger partial charge in [0.25, 0.3) is 5.91 Å². The Morgan fingerprint density at radius 2 is 1.85 bits per heavy atom. The number of thiophene rings is 1. The van der Waals surface area contributed by atoms with Gasteiger partial charge in [-0.25, -0.2) is 0 Å². The first-order valence-electron chi connectivity index (χ1n) is 8.30. The Kier molecular flexibility index (Phi) is 4.76. The molecule has 2 heterocycles. The standard InChI is InChI=1S/C20H16N2O4S/c23-19(9-13-7-8-27-11-13)22-16-4-2-1-3-15(16)20(24)21-14-5-6-17-18(10-14)26-12-25-17/h1-8,10-11H,9,12H2,(H,21,24)(H,22,23). The molecular formula is C20H16N2O4S.